The molecule has 1 aromatic heterocycles. The van der Waals surface area contributed by atoms with Crippen LogP contribution in [-0.2, 0) is 4.79 Å². The van der Waals surface area contributed by atoms with Crippen LogP contribution in [-0.4, -0.2) is 48.2 Å². The van der Waals surface area contributed by atoms with Crippen LogP contribution in [0.25, 0.3) is 0 Å². The number of hydrogen-bond acceptors (Lipinski definition) is 6. The molecule has 3 rings (SSSR count). The van der Waals surface area contributed by atoms with Crippen LogP contribution in [0, 0.1) is 12.7 Å². The lowest BCUT2D eigenvalue weighted by atomic mass is 10.1. The standard InChI is InChI=1S/C21H27FN4O3/c1-15(29-18-9-5-4-8-17(18)22)21(27)23-10-13-28-20-14-19(24-16(2)25-20)26-11-6-3-7-12-26/h4-5,8-9,14-15H,3,6-7,10-13H2,1-2H3,(H,23,27). The van der Waals surface area contributed by atoms with E-state index in [0.29, 0.717) is 11.7 Å². The van der Waals surface area contributed by atoms with E-state index in [1.54, 1.807) is 19.1 Å². The fraction of sp³-hybridized carbons (Fsp3) is 0.476. The minimum Gasteiger partial charge on any atom is -0.478 e. The van der Waals surface area contributed by atoms with Crippen LogP contribution >= 0.6 is 0 Å². The average molecular weight is 402 g/mol. The smallest absolute Gasteiger partial charge is 0.260 e. The van der Waals surface area contributed by atoms with E-state index in [9.17, 15) is 9.18 Å². The number of carbonyl (C=O) groups excluding carboxylic acids is 1. The van der Waals surface area contributed by atoms with E-state index in [4.69, 9.17) is 9.47 Å². The van der Waals surface area contributed by atoms with Crippen molar-refractivity contribution in [3.05, 3.63) is 42.0 Å². The maximum atomic E-state index is 13.6. The van der Waals surface area contributed by atoms with E-state index < -0.39 is 11.9 Å². The summed E-state index contributed by atoms with van der Waals surface area (Å²) in [5.74, 6) is 1.22. The molecule has 2 aromatic rings. The van der Waals surface area contributed by atoms with Crippen molar-refractivity contribution < 1.29 is 18.7 Å². The van der Waals surface area contributed by atoms with E-state index in [0.717, 1.165) is 18.9 Å². The molecule has 0 saturated carbocycles. The normalized spacial score (nSPS) is 14.9. The Balaban J connectivity index is 1.45. The fourth-order valence-corrected chi connectivity index (χ4v) is 3.14. The number of carbonyl (C=O) groups is 1. The Labute approximate surface area is 170 Å². The second-order valence-electron chi connectivity index (χ2n) is 6.99. The van der Waals surface area contributed by atoms with Crippen molar-refractivity contribution in [2.45, 2.75) is 39.2 Å². The van der Waals surface area contributed by atoms with Crippen molar-refractivity contribution in [1.82, 2.24) is 15.3 Å². The molecule has 1 unspecified atom stereocenters. The molecule has 8 heteroatoms. The molecule has 1 atom stereocenters. The topological polar surface area (TPSA) is 76.6 Å². The average Bonchev–Trinajstić information content (AvgIpc) is 2.73. The first-order valence-electron chi connectivity index (χ1n) is 9.95. The molecule has 1 aliphatic heterocycles. The Morgan fingerprint density at radius 1 is 1.24 bits per heavy atom. The van der Waals surface area contributed by atoms with Crippen LogP contribution in [0.1, 0.15) is 32.0 Å². The third-order valence-corrected chi connectivity index (χ3v) is 4.64. The predicted molar refractivity (Wildman–Crippen MR) is 108 cm³/mol. The Bertz CT molecular complexity index is 827. The van der Waals surface area contributed by atoms with E-state index in [-0.39, 0.29) is 24.8 Å². The van der Waals surface area contributed by atoms with E-state index in [1.165, 1.54) is 31.4 Å². The zero-order valence-electron chi connectivity index (χ0n) is 16.9. The summed E-state index contributed by atoms with van der Waals surface area (Å²) >= 11 is 0. The number of anilines is 1. The van der Waals surface area contributed by atoms with Crippen molar-refractivity contribution in [2.24, 2.45) is 0 Å². The molecule has 1 saturated heterocycles. The number of rotatable bonds is 8. The first-order chi connectivity index (χ1) is 14.0. The third-order valence-electron chi connectivity index (χ3n) is 4.64. The Hall–Kier alpha value is -2.90. The van der Waals surface area contributed by atoms with Crippen LogP contribution in [0.3, 0.4) is 0 Å². The number of nitrogens with zero attached hydrogens (tertiary/aromatic N) is 3. The lowest BCUT2D eigenvalue weighted by Gasteiger charge is -2.28. The SMILES string of the molecule is Cc1nc(OCCNC(=O)C(C)Oc2ccccc2F)cc(N2CCCCC2)n1. The monoisotopic (exact) mass is 402 g/mol. The van der Waals surface area contributed by atoms with E-state index in [1.807, 2.05) is 13.0 Å². The molecular weight excluding hydrogens is 375 g/mol. The number of hydrogen-bond donors (Lipinski definition) is 1. The molecule has 1 N–H and O–H groups in total. The molecule has 29 heavy (non-hydrogen) atoms. The summed E-state index contributed by atoms with van der Waals surface area (Å²) in [4.78, 5) is 23.2. The third kappa shape index (κ3) is 6.04. The minimum atomic E-state index is -0.820. The fourth-order valence-electron chi connectivity index (χ4n) is 3.14. The zero-order valence-corrected chi connectivity index (χ0v) is 16.9. The first-order valence-corrected chi connectivity index (χ1v) is 9.95. The predicted octanol–water partition coefficient (Wildman–Crippen LogP) is 2.88. The van der Waals surface area contributed by atoms with Gasteiger partial charge in [0.05, 0.1) is 6.54 Å². The van der Waals surface area contributed by atoms with Gasteiger partial charge in [-0.05, 0) is 45.2 Å². The van der Waals surface area contributed by atoms with Crippen molar-refractivity contribution in [3.8, 4) is 11.6 Å². The molecule has 1 aromatic carbocycles. The summed E-state index contributed by atoms with van der Waals surface area (Å²) in [5.41, 5.74) is 0. The van der Waals surface area contributed by atoms with Gasteiger partial charge in [0.15, 0.2) is 17.7 Å². The minimum absolute atomic E-state index is 0.0492. The van der Waals surface area contributed by atoms with Crippen LogP contribution in [0.4, 0.5) is 10.2 Å². The van der Waals surface area contributed by atoms with Crippen molar-refractivity contribution in [1.29, 1.82) is 0 Å². The Kier molecular flexibility index (Phi) is 7.21. The number of para-hydroxylation sites is 1. The van der Waals surface area contributed by atoms with Gasteiger partial charge in [0.2, 0.25) is 5.88 Å². The second-order valence-corrected chi connectivity index (χ2v) is 6.99. The van der Waals surface area contributed by atoms with Gasteiger partial charge in [-0.15, -0.1) is 0 Å². The largest absolute Gasteiger partial charge is 0.478 e. The summed E-state index contributed by atoms with van der Waals surface area (Å²) < 4.78 is 24.7. The van der Waals surface area contributed by atoms with Crippen LogP contribution in [0.2, 0.25) is 0 Å². The highest BCUT2D eigenvalue weighted by atomic mass is 19.1. The van der Waals surface area contributed by atoms with Gasteiger partial charge in [-0.3, -0.25) is 4.79 Å². The highest BCUT2D eigenvalue weighted by molar-refractivity contribution is 5.80. The molecule has 0 bridgehead atoms. The number of amides is 1. The lowest BCUT2D eigenvalue weighted by Crippen LogP contribution is -2.38. The van der Waals surface area contributed by atoms with Crippen LogP contribution < -0.4 is 19.7 Å². The number of benzene rings is 1. The van der Waals surface area contributed by atoms with Gasteiger partial charge >= 0.3 is 0 Å². The van der Waals surface area contributed by atoms with Gasteiger partial charge in [0.25, 0.3) is 5.91 Å². The van der Waals surface area contributed by atoms with Gasteiger partial charge in [-0.2, -0.15) is 4.98 Å². The molecule has 0 radical (unpaired) electrons. The summed E-state index contributed by atoms with van der Waals surface area (Å²) in [5, 5.41) is 2.72. The zero-order chi connectivity index (χ0) is 20.6. The molecule has 2 heterocycles. The highest BCUT2D eigenvalue weighted by Crippen LogP contribution is 2.21. The second kappa shape index (κ2) is 10.0. The number of aryl methyl sites for hydroxylation is 1. The van der Waals surface area contributed by atoms with Gasteiger partial charge in [0, 0.05) is 19.2 Å². The molecular formula is C21H27FN4O3. The highest BCUT2D eigenvalue weighted by Gasteiger charge is 2.17. The van der Waals surface area contributed by atoms with Crippen molar-refractivity contribution >= 4 is 11.7 Å². The van der Waals surface area contributed by atoms with Crippen LogP contribution in [0.15, 0.2) is 30.3 Å². The van der Waals surface area contributed by atoms with Crippen molar-refractivity contribution in [2.75, 3.05) is 31.1 Å². The van der Waals surface area contributed by atoms with Gasteiger partial charge in [-0.25, -0.2) is 9.37 Å². The maximum absolute atomic E-state index is 13.6. The number of piperidine rings is 1. The van der Waals surface area contributed by atoms with Gasteiger partial charge < -0.3 is 19.7 Å². The number of ether oxygens (including phenoxy) is 2. The van der Waals surface area contributed by atoms with Gasteiger partial charge in [-0.1, -0.05) is 12.1 Å². The molecule has 0 aliphatic carbocycles. The first kappa shape index (κ1) is 20.8. The summed E-state index contributed by atoms with van der Waals surface area (Å²) in [6, 6.07) is 7.83. The van der Waals surface area contributed by atoms with Crippen molar-refractivity contribution in [3.63, 3.8) is 0 Å². The molecule has 1 fully saturated rings. The van der Waals surface area contributed by atoms with Crippen LogP contribution in [0.5, 0.6) is 11.6 Å². The summed E-state index contributed by atoms with van der Waals surface area (Å²) in [6.07, 6.45) is 2.76. The molecule has 156 valence electrons. The molecule has 1 amide bonds. The number of nitrogens with one attached hydrogen (secondary N) is 1. The lowest BCUT2D eigenvalue weighted by molar-refractivity contribution is -0.127. The quantitative estimate of drug-likeness (QED) is 0.685. The summed E-state index contributed by atoms with van der Waals surface area (Å²) in [6.45, 7) is 5.93. The Morgan fingerprint density at radius 2 is 2.00 bits per heavy atom. The van der Waals surface area contributed by atoms with E-state index in [2.05, 4.69) is 20.2 Å². The number of aromatic nitrogens is 2. The van der Waals surface area contributed by atoms with E-state index >= 15 is 0 Å². The molecule has 0 spiro atoms. The molecule has 1 aliphatic rings. The maximum Gasteiger partial charge on any atom is 0.260 e. The summed E-state index contributed by atoms with van der Waals surface area (Å²) in [7, 11) is 0. The Morgan fingerprint density at radius 3 is 2.76 bits per heavy atom. The molecule has 7 nitrogen and oxygen atoms in total. The number of halogens is 1. The van der Waals surface area contributed by atoms with Gasteiger partial charge in [0.1, 0.15) is 18.2 Å².